The van der Waals surface area contributed by atoms with Crippen molar-refractivity contribution in [2.75, 3.05) is 13.7 Å². The molecular formula is C26H53NO2. The second kappa shape index (κ2) is 22.0. The van der Waals surface area contributed by atoms with E-state index < -0.39 is 0 Å². The molecule has 174 valence electrons. The molecule has 0 aromatic rings. The van der Waals surface area contributed by atoms with Crippen molar-refractivity contribution in [1.29, 1.82) is 0 Å². The van der Waals surface area contributed by atoms with Crippen molar-refractivity contribution in [3.05, 3.63) is 0 Å². The van der Waals surface area contributed by atoms with Gasteiger partial charge in [0.05, 0.1) is 6.61 Å². The molecule has 0 aromatic heterocycles. The first-order valence-electron chi connectivity index (χ1n) is 13.1. The minimum Gasteiger partial charge on any atom is -0.450 e. The predicted octanol–water partition coefficient (Wildman–Crippen LogP) is 8.90. The number of ether oxygens (including phenoxy) is 1. The highest BCUT2D eigenvalue weighted by atomic mass is 16.6. The first-order valence-corrected chi connectivity index (χ1v) is 13.1. The molecular weight excluding hydrogens is 358 g/mol. The summed E-state index contributed by atoms with van der Waals surface area (Å²) in [6.45, 7) is 6.81. The number of rotatable bonds is 21. The van der Waals surface area contributed by atoms with Gasteiger partial charge < -0.3 is 9.64 Å². The first kappa shape index (κ1) is 28.3. The van der Waals surface area contributed by atoms with E-state index in [-0.39, 0.29) is 6.09 Å². The Labute approximate surface area is 183 Å². The predicted molar refractivity (Wildman–Crippen MR) is 128 cm³/mol. The standard InChI is InChI=1S/C26H53NO2/c1-5-8-9-10-11-12-13-14-15-16-17-18-19-20-21-22-24-25(23-6-2)27(4)26(28)29-7-3/h25H,5-24H2,1-4H3. The second-order valence-electron chi connectivity index (χ2n) is 8.84. The van der Waals surface area contributed by atoms with Gasteiger partial charge in [0.2, 0.25) is 0 Å². The molecule has 0 aliphatic heterocycles. The maximum atomic E-state index is 11.9. The zero-order valence-electron chi connectivity index (χ0n) is 20.5. The monoisotopic (exact) mass is 411 g/mol. The molecule has 29 heavy (non-hydrogen) atoms. The largest absolute Gasteiger partial charge is 0.450 e. The van der Waals surface area contributed by atoms with Crippen LogP contribution in [0.1, 0.15) is 143 Å². The van der Waals surface area contributed by atoms with Gasteiger partial charge in [-0.1, -0.05) is 123 Å². The molecule has 0 aliphatic carbocycles. The van der Waals surface area contributed by atoms with Gasteiger partial charge >= 0.3 is 6.09 Å². The van der Waals surface area contributed by atoms with Crippen molar-refractivity contribution in [3.63, 3.8) is 0 Å². The van der Waals surface area contributed by atoms with Crippen LogP contribution >= 0.6 is 0 Å². The van der Waals surface area contributed by atoms with E-state index in [0.29, 0.717) is 12.6 Å². The Morgan fingerprint density at radius 3 is 1.41 bits per heavy atom. The third-order valence-corrected chi connectivity index (χ3v) is 6.12. The maximum Gasteiger partial charge on any atom is 0.409 e. The zero-order valence-corrected chi connectivity index (χ0v) is 20.5. The number of hydrogen-bond donors (Lipinski definition) is 0. The normalized spacial score (nSPS) is 12.1. The highest BCUT2D eigenvalue weighted by molar-refractivity contribution is 5.67. The Balaban J connectivity index is 3.47. The van der Waals surface area contributed by atoms with Crippen molar-refractivity contribution in [2.45, 2.75) is 149 Å². The Morgan fingerprint density at radius 2 is 1.03 bits per heavy atom. The maximum absolute atomic E-state index is 11.9. The van der Waals surface area contributed by atoms with Gasteiger partial charge in [-0.25, -0.2) is 4.79 Å². The quantitative estimate of drug-likeness (QED) is 0.176. The zero-order chi connectivity index (χ0) is 21.6. The summed E-state index contributed by atoms with van der Waals surface area (Å²) in [5.74, 6) is 0. The van der Waals surface area contributed by atoms with Crippen LogP contribution in [-0.2, 0) is 4.74 Å². The topological polar surface area (TPSA) is 29.5 Å². The molecule has 3 nitrogen and oxygen atoms in total. The molecule has 1 unspecified atom stereocenters. The molecule has 0 saturated carbocycles. The van der Waals surface area contributed by atoms with Gasteiger partial charge in [0.1, 0.15) is 0 Å². The summed E-state index contributed by atoms with van der Waals surface area (Å²) >= 11 is 0. The minimum absolute atomic E-state index is 0.164. The highest BCUT2D eigenvalue weighted by Crippen LogP contribution is 2.17. The summed E-state index contributed by atoms with van der Waals surface area (Å²) < 4.78 is 5.15. The third kappa shape index (κ3) is 17.8. The lowest BCUT2D eigenvalue weighted by Gasteiger charge is -2.27. The van der Waals surface area contributed by atoms with E-state index in [2.05, 4.69) is 13.8 Å². The number of unbranched alkanes of at least 4 members (excludes halogenated alkanes) is 15. The summed E-state index contributed by atoms with van der Waals surface area (Å²) in [6, 6.07) is 0.339. The van der Waals surface area contributed by atoms with E-state index in [9.17, 15) is 4.79 Å². The molecule has 0 rings (SSSR count). The number of hydrogen-bond acceptors (Lipinski definition) is 2. The lowest BCUT2D eigenvalue weighted by molar-refractivity contribution is 0.0970. The molecule has 0 N–H and O–H groups in total. The van der Waals surface area contributed by atoms with E-state index in [1.807, 2.05) is 18.9 Å². The van der Waals surface area contributed by atoms with Crippen molar-refractivity contribution < 1.29 is 9.53 Å². The van der Waals surface area contributed by atoms with Gasteiger partial charge in [-0.2, -0.15) is 0 Å². The van der Waals surface area contributed by atoms with Crippen molar-refractivity contribution in [3.8, 4) is 0 Å². The molecule has 0 fully saturated rings. The van der Waals surface area contributed by atoms with Gasteiger partial charge in [-0.3, -0.25) is 0 Å². The fourth-order valence-electron chi connectivity index (χ4n) is 4.17. The van der Waals surface area contributed by atoms with Crippen LogP contribution in [0.5, 0.6) is 0 Å². The van der Waals surface area contributed by atoms with Crippen LogP contribution in [0.15, 0.2) is 0 Å². The molecule has 0 spiro atoms. The Hall–Kier alpha value is -0.730. The Morgan fingerprint density at radius 1 is 0.621 bits per heavy atom. The van der Waals surface area contributed by atoms with Crippen LogP contribution in [0, 0.1) is 0 Å². The first-order chi connectivity index (χ1) is 14.2. The van der Waals surface area contributed by atoms with Gasteiger partial charge in [0.15, 0.2) is 0 Å². The van der Waals surface area contributed by atoms with E-state index in [4.69, 9.17) is 4.74 Å². The molecule has 0 heterocycles. The van der Waals surface area contributed by atoms with Crippen LogP contribution in [0.2, 0.25) is 0 Å². The molecule has 0 radical (unpaired) electrons. The Bertz CT molecular complexity index is 346. The Kier molecular flexibility index (Phi) is 21.4. The molecule has 1 atom stereocenters. The van der Waals surface area contributed by atoms with Crippen LogP contribution in [0.4, 0.5) is 4.79 Å². The van der Waals surface area contributed by atoms with Gasteiger partial charge in [0, 0.05) is 13.1 Å². The SMILES string of the molecule is CCCCCCCCCCCCCCCCCCC(CCC)N(C)C(=O)OCC. The summed E-state index contributed by atoms with van der Waals surface area (Å²) in [6.07, 6.45) is 25.6. The number of carbonyl (C=O) groups excluding carboxylic acids is 1. The highest BCUT2D eigenvalue weighted by Gasteiger charge is 2.19. The van der Waals surface area contributed by atoms with Crippen LogP contribution in [-0.4, -0.2) is 30.7 Å². The van der Waals surface area contributed by atoms with Crippen molar-refractivity contribution >= 4 is 6.09 Å². The fourth-order valence-corrected chi connectivity index (χ4v) is 4.17. The lowest BCUT2D eigenvalue weighted by atomic mass is 10.0. The third-order valence-electron chi connectivity index (χ3n) is 6.12. The molecule has 0 aliphatic rings. The minimum atomic E-state index is -0.164. The number of nitrogens with zero attached hydrogens (tertiary/aromatic N) is 1. The van der Waals surface area contributed by atoms with Gasteiger partial charge in [-0.05, 0) is 19.8 Å². The average molecular weight is 412 g/mol. The summed E-state index contributed by atoms with van der Waals surface area (Å²) in [4.78, 5) is 13.8. The molecule has 1 amide bonds. The molecule has 0 bridgehead atoms. The lowest BCUT2D eigenvalue weighted by Crippen LogP contribution is -2.37. The molecule has 3 heteroatoms. The fraction of sp³-hybridized carbons (Fsp3) is 0.962. The van der Waals surface area contributed by atoms with Crippen molar-refractivity contribution in [1.82, 2.24) is 4.90 Å². The van der Waals surface area contributed by atoms with E-state index in [1.165, 1.54) is 103 Å². The van der Waals surface area contributed by atoms with E-state index in [1.54, 1.807) is 0 Å². The summed E-state index contributed by atoms with van der Waals surface area (Å²) in [5.41, 5.74) is 0. The molecule has 0 saturated heterocycles. The van der Waals surface area contributed by atoms with E-state index in [0.717, 1.165) is 19.3 Å². The number of carbonyl (C=O) groups is 1. The number of amides is 1. The van der Waals surface area contributed by atoms with Crippen LogP contribution in [0.25, 0.3) is 0 Å². The summed E-state index contributed by atoms with van der Waals surface area (Å²) in [7, 11) is 1.89. The second-order valence-corrected chi connectivity index (χ2v) is 8.84. The van der Waals surface area contributed by atoms with E-state index >= 15 is 0 Å². The van der Waals surface area contributed by atoms with Crippen LogP contribution < -0.4 is 0 Å². The van der Waals surface area contributed by atoms with Crippen molar-refractivity contribution in [2.24, 2.45) is 0 Å². The van der Waals surface area contributed by atoms with Crippen LogP contribution in [0.3, 0.4) is 0 Å². The average Bonchev–Trinajstić information content (AvgIpc) is 2.72. The van der Waals surface area contributed by atoms with Gasteiger partial charge in [0.25, 0.3) is 0 Å². The molecule has 0 aromatic carbocycles. The smallest absolute Gasteiger partial charge is 0.409 e. The summed E-state index contributed by atoms with van der Waals surface area (Å²) in [5, 5.41) is 0. The van der Waals surface area contributed by atoms with Gasteiger partial charge in [-0.15, -0.1) is 0 Å².